The van der Waals surface area contributed by atoms with Crippen LogP contribution in [-0.2, 0) is 10.7 Å². The normalized spacial score (nSPS) is 11.4. The van der Waals surface area contributed by atoms with Crippen molar-refractivity contribution >= 4 is 13.1 Å². The first kappa shape index (κ1) is 13.0. The third-order valence-corrected chi connectivity index (χ3v) is 6.07. The lowest BCUT2D eigenvalue weighted by Gasteiger charge is -2.13. The third kappa shape index (κ3) is 3.21. The van der Waals surface area contributed by atoms with Crippen molar-refractivity contribution in [1.82, 2.24) is 0 Å². The van der Waals surface area contributed by atoms with Gasteiger partial charge in [-0.05, 0) is 30.0 Å². The van der Waals surface area contributed by atoms with E-state index in [2.05, 4.69) is 0 Å². The van der Waals surface area contributed by atoms with Crippen molar-refractivity contribution in [1.29, 1.82) is 0 Å². The Hall–Kier alpha value is -1.08. The largest absolute Gasteiger partial charge is 0.478 e. The molecule has 1 N–H and O–H groups in total. The molecule has 0 bridgehead atoms. The Labute approximate surface area is 95.9 Å². The Balaban J connectivity index is 2.83. The topological polar surface area (TPSA) is 54.4 Å². The first-order chi connectivity index (χ1) is 7.50. The Kier molecular flexibility index (Phi) is 4.31. The van der Waals surface area contributed by atoms with E-state index in [1.54, 1.807) is 24.3 Å². The predicted molar refractivity (Wildman–Crippen MR) is 65.8 cm³/mol. The lowest BCUT2D eigenvalue weighted by molar-refractivity contribution is 0.0697. The van der Waals surface area contributed by atoms with Gasteiger partial charge in [0.1, 0.15) is 0 Å². The molecular weight excluding hydrogens is 223 g/mol. The summed E-state index contributed by atoms with van der Waals surface area (Å²) in [6.07, 6.45) is 1.97. The molecule has 0 saturated heterocycles. The summed E-state index contributed by atoms with van der Waals surface area (Å²) < 4.78 is 12.2. The molecule has 0 atom stereocenters. The number of hydrogen-bond acceptors (Lipinski definition) is 2. The van der Waals surface area contributed by atoms with Crippen molar-refractivity contribution in [3.05, 3.63) is 35.4 Å². The molecule has 88 valence electrons. The molecule has 0 aromatic heterocycles. The Morgan fingerprint density at radius 1 is 1.19 bits per heavy atom. The molecule has 1 aromatic rings. The van der Waals surface area contributed by atoms with Crippen LogP contribution in [0.3, 0.4) is 0 Å². The fraction of sp³-hybridized carbons (Fsp3) is 0.417. The van der Waals surface area contributed by atoms with E-state index in [1.165, 1.54) is 0 Å². The second-order valence-electron chi connectivity index (χ2n) is 3.85. The highest BCUT2D eigenvalue weighted by atomic mass is 31.2. The molecule has 0 radical (unpaired) electrons. The molecule has 1 rings (SSSR count). The zero-order valence-corrected chi connectivity index (χ0v) is 10.5. The van der Waals surface area contributed by atoms with Crippen LogP contribution in [0.2, 0.25) is 0 Å². The Morgan fingerprint density at radius 3 is 2.06 bits per heavy atom. The highest BCUT2D eigenvalue weighted by Gasteiger charge is 2.17. The van der Waals surface area contributed by atoms with Crippen molar-refractivity contribution in [2.45, 2.75) is 20.0 Å². The first-order valence-corrected chi connectivity index (χ1v) is 7.66. The van der Waals surface area contributed by atoms with Crippen LogP contribution in [-0.4, -0.2) is 23.4 Å². The quantitative estimate of drug-likeness (QED) is 0.803. The summed E-state index contributed by atoms with van der Waals surface area (Å²) >= 11 is 0. The van der Waals surface area contributed by atoms with Crippen LogP contribution in [0.15, 0.2) is 24.3 Å². The minimum absolute atomic E-state index is 0.270. The zero-order valence-electron chi connectivity index (χ0n) is 9.64. The summed E-state index contributed by atoms with van der Waals surface area (Å²) in [6.45, 7) is 3.88. The predicted octanol–water partition coefficient (Wildman–Crippen LogP) is 3.29. The zero-order chi connectivity index (χ0) is 12.2. The van der Waals surface area contributed by atoms with Gasteiger partial charge in [-0.1, -0.05) is 26.0 Å². The average Bonchev–Trinajstić information content (AvgIpc) is 2.29. The van der Waals surface area contributed by atoms with Crippen LogP contribution in [0.25, 0.3) is 0 Å². The van der Waals surface area contributed by atoms with E-state index in [0.717, 1.165) is 5.56 Å². The summed E-state index contributed by atoms with van der Waals surface area (Å²) in [5, 5.41) is 8.75. The van der Waals surface area contributed by atoms with Gasteiger partial charge in [0.15, 0.2) is 0 Å². The van der Waals surface area contributed by atoms with Crippen molar-refractivity contribution in [3.8, 4) is 0 Å². The van der Waals surface area contributed by atoms with Crippen molar-refractivity contribution in [2.24, 2.45) is 0 Å². The Bertz CT molecular complexity index is 401. The van der Waals surface area contributed by atoms with Gasteiger partial charge in [0.2, 0.25) is 0 Å². The van der Waals surface area contributed by atoms with Crippen LogP contribution < -0.4 is 0 Å². The van der Waals surface area contributed by atoms with E-state index in [9.17, 15) is 9.36 Å². The molecule has 0 aliphatic carbocycles. The van der Waals surface area contributed by atoms with E-state index in [-0.39, 0.29) is 5.56 Å². The summed E-state index contributed by atoms with van der Waals surface area (Å²) in [5.41, 5.74) is 1.23. The second kappa shape index (κ2) is 5.31. The molecule has 0 amide bonds. The minimum atomic E-state index is -2.09. The van der Waals surface area contributed by atoms with E-state index in [0.29, 0.717) is 18.5 Å². The van der Waals surface area contributed by atoms with Crippen LogP contribution in [0, 0.1) is 0 Å². The van der Waals surface area contributed by atoms with Crippen molar-refractivity contribution < 1.29 is 14.5 Å². The molecular formula is C12H17O3P. The van der Waals surface area contributed by atoms with Gasteiger partial charge < -0.3 is 9.67 Å². The molecule has 4 heteroatoms. The maximum absolute atomic E-state index is 12.2. The van der Waals surface area contributed by atoms with Gasteiger partial charge in [-0.2, -0.15) is 0 Å². The lowest BCUT2D eigenvalue weighted by atomic mass is 10.1. The smallest absolute Gasteiger partial charge is 0.335 e. The maximum Gasteiger partial charge on any atom is 0.335 e. The number of benzene rings is 1. The van der Waals surface area contributed by atoms with Crippen LogP contribution in [0.1, 0.15) is 29.8 Å². The monoisotopic (exact) mass is 240 g/mol. The highest BCUT2D eigenvalue weighted by Crippen LogP contribution is 2.47. The molecule has 0 saturated carbocycles. The molecule has 3 nitrogen and oxygen atoms in total. The molecule has 16 heavy (non-hydrogen) atoms. The third-order valence-electron chi connectivity index (χ3n) is 2.82. The molecule has 1 aromatic carbocycles. The summed E-state index contributed by atoms with van der Waals surface area (Å²) in [7, 11) is -2.09. The number of rotatable bonds is 5. The molecule has 0 spiro atoms. The minimum Gasteiger partial charge on any atom is -0.478 e. The average molecular weight is 240 g/mol. The highest BCUT2D eigenvalue weighted by molar-refractivity contribution is 7.63. The summed E-state index contributed by atoms with van der Waals surface area (Å²) in [4.78, 5) is 10.7. The number of carboxylic acids is 1. The van der Waals surface area contributed by atoms with Gasteiger partial charge in [0, 0.05) is 6.16 Å². The van der Waals surface area contributed by atoms with E-state index >= 15 is 0 Å². The van der Waals surface area contributed by atoms with E-state index in [4.69, 9.17) is 5.11 Å². The van der Waals surface area contributed by atoms with Gasteiger partial charge in [-0.3, -0.25) is 0 Å². The molecule has 0 heterocycles. The summed E-state index contributed by atoms with van der Waals surface area (Å²) in [5.74, 6) is -0.930. The molecule has 0 aliphatic heterocycles. The number of aromatic carboxylic acids is 1. The fourth-order valence-corrected chi connectivity index (χ4v) is 3.30. The van der Waals surface area contributed by atoms with E-state index < -0.39 is 13.1 Å². The second-order valence-corrected chi connectivity index (χ2v) is 7.55. The Morgan fingerprint density at radius 2 is 1.69 bits per heavy atom. The molecule has 0 fully saturated rings. The lowest BCUT2D eigenvalue weighted by Crippen LogP contribution is -1.98. The van der Waals surface area contributed by atoms with Gasteiger partial charge in [-0.15, -0.1) is 0 Å². The number of hydrogen-bond donors (Lipinski definition) is 1. The molecule has 0 aliphatic rings. The van der Waals surface area contributed by atoms with Crippen molar-refractivity contribution in [3.63, 3.8) is 0 Å². The van der Waals surface area contributed by atoms with Gasteiger partial charge in [-0.25, -0.2) is 4.79 Å². The van der Waals surface area contributed by atoms with Crippen LogP contribution in [0.5, 0.6) is 0 Å². The maximum atomic E-state index is 12.2. The SMILES string of the molecule is CCP(=O)(CC)Cc1ccc(C(=O)O)cc1. The van der Waals surface area contributed by atoms with Crippen LogP contribution >= 0.6 is 7.14 Å². The van der Waals surface area contributed by atoms with Gasteiger partial charge >= 0.3 is 5.97 Å². The van der Waals surface area contributed by atoms with Crippen molar-refractivity contribution in [2.75, 3.05) is 12.3 Å². The fourth-order valence-electron chi connectivity index (χ4n) is 1.53. The van der Waals surface area contributed by atoms with E-state index in [1.807, 2.05) is 13.8 Å². The van der Waals surface area contributed by atoms with Gasteiger partial charge in [0.25, 0.3) is 0 Å². The standard InChI is InChI=1S/C12H17O3P/c1-3-16(15,4-2)9-10-5-7-11(8-6-10)12(13)14/h5-8H,3-4,9H2,1-2H3,(H,13,14). The van der Waals surface area contributed by atoms with Gasteiger partial charge in [0.05, 0.1) is 12.7 Å². The number of carboxylic acid groups (broad SMARTS) is 1. The number of carbonyl (C=O) groups is 1. The summed E-state index contributed by atoms with van der Waals surface area (Å²) in [6, 6.07) is 6.63. The molecule has 0 unspecified atom stereocenters. The first-order valence-electron chi connectivity index (χ1n) is 5.40. The van der Waals surface area contributed by atoms with Crippen LogP contribution in [0.4, 0.5) is 0 Å².